The molecule has 4 nitrogen and oxygen atoms in total. The number of nitrogens with zero attached hydrogens (tertiary/aromatic N) is 1. The van der Waals surface area contributed by atoms with E-state index in [0.717, 1.165) is 0 Å². The maximum atomic E-state index is 10.7. The van der Waals surface area contributed by atoms with Gasteiger partial charge in [-0.2, -0.15) is 0 Å². The first-order valence-electron chi connectivity index (χ1n) is 2.70. The number of carbonyl (C=O) groups excluding carboxylic acids is 1. The van der Waals surface area contributed by atoms with Gasteiger partial charge in [-0.3, -0.25) is 0 Å². The van der Waals surface area contributed by atoms with Crippen LogP contribution in [0.4, 0.5) is 0 Å². The molecule has 1 rings (SSSR count). The molecule has 1 aliphatic rings. The number of hydrogen-bond acceptors (Lipinski definition) is 4. The SMILES string of the molecule is COC(=O)C1CC(Br)=NO1. The lowest BCUT2D eigenvalue weighted by Crippen LogP contribution is -2.21. The Hall–Kier alpha value is -0.580. The van der Waals surface area contributed by atoms with Crippen molar-refractivity contribution in [3.63, 3.8) is 0 Å². The molecule has 0 aromatic heterocycles. The molecule has 1 aliphatic heterocycles. The van der Waals surface area contributed by atoms with Crippen LogP contribution in [0, 0.1) is 0 Å². The fourth-order valence-electron chi connectivity index (χ4n) is 0.606. The molecule has 10 heavy (non-hydrogen) atoms. The summed E-state index contributed by atoms with van der Waals surface area (Å²) in [6.45, 7) is 0. The van der Waals surface area contributed by atoms with Crippen LogP contribution in [0.2, 0.25) is 0 Å². The molecule has 0 saturated heterocycles. The van der Waals surface area contributed by atoms with E-state index < -0.39 is 12.1 Å². The summed E-state index contributed by atoms with van der Waals surface area (Å²) in [7, 11) is 1.32. The second-order valence-electron chi connectivity index (χ2n) is 1.79. The van der Waals surface area contributed by atoms with E-state index >= 15 is 0 Å². The Morgan fingerprint density at radius 2 is 2.70 bits per heavy atom. The summed E-state index contributed by atoms with van der Waals surface area (Å²) in [5.41, 5.74) is 0. The van der Waals surface area contributed by atoms with Gasteiger partial charge in [-0.25, -0.2) is 4.79 Å². The molecule has 1 atom stereocenters. The highest BCUT2D eigenvalue weighted by Crippen LogP contribution is 2.14. The number of ether oxygens (including phenoxy) is 1. The highest BCUT2D eigenvalue weighted by molar-refractivity contribution is 9.18. The minimum Gasteiger partial charge on any atom is -0.466 e. The quantitative estimate of drug-likeness (QED) is 0.594. The standard InChI is InChI=1S/C5H6BrNO3/c1-9-5(8)3-2-4(6)7-10-3/h3H,2H2,1H3. The highest BCUT2D eigenvalue weighted by atomic mass is 79.9. The molecule has 0 fully saturated rings. The second-order valence-corrected chi connectivity index (χ2v) is 2.70. The molecule has 1 heterocycles. The number of hydrogen-bond donors (Lipinski definition) is 0. The first-order valence-corrected chi connectivity index (χ1v) is 3.49. The molecule has 0 aromatic rings. The summed E-state index contributed by atoms with van der Waals surface area (Å²) in [6.07, 6.45) is -0.0912. The number of halogens is 1. The van der Waals surface area contributed by atoms with Crippen molar-refractivity contribution in [3.05, 3.63) is 0 Å². The summed E-state index contributed by atoms with van der Waals surface area (Å²) in [5.74, 6) is -0.391. The van der Waals surface area contributed by atoms with Gasteiger partial charge in [0.05, 0.1) is 13.5 Å². The van der Waals surface area contributed by atoms with Crippen molar-refractivity contribution in [3.8, 4) is 0 Å². The summed E-state index contributed by atoms with van der Waals surface area (Å²) in [4.78, 5) is 15.4. The Balaban J connectivity index is 2.42. The van der Waals surface area contributed by atoms with Crippen LogP contribution in [0.25, 0.3) is 0 Å². The van der Waals surface area contributed by atoms with Gasteiger partial charge >= 0.3 is 5.97 Å². The smallest absolute Gasteiger partial charge is 0.350 e. The zero-order valence-corrected chi connectivity index (χ0v) is 6.92. The molecule has 0 N–H and O–H groups in total. The Morgan fingerprint density at radius 3 is 3.10 bits per heavy atom. The third kappa shape index (κ3) is 1.47. The van der Waals surface area contributed by atoms with Crippen LogP contribution < -0.4 is 0 Å². The van der Waals surface area contributed by atoms with Gasteiger partial charge < -0.3 is 9.57 Å². The number of oxime groups is 1. The Morgan fingerprint density at radius 1 is 2.00 bits per heavy atom. The molecule has 0 aromatic carbocycles. The maximum Gasteiger partial charge on any atom is 0.350 e. The first-order chi connectivity index (χ1) is 4.74. The van der Waals surface area contributed by atoms with Crippen molar-refractivity contribution >= 4 is 26.5 Å². The van der Waals surface area contributed by atoms with Gasteiger partial charge in [0.1, 0.15) is 4.62 Å². The molecule has 0 amide bonds. The normalized spacial score (nSPS) is 23.4. The average Bonchev–Trinajstić information content (AvgIpc) is 2.34. The Labute approximate surface area is 66.3 Å². The fraction of sp³-hybridized carbons (Fsp3) is 0.600. The van der Waals surface area contributed by atoms with Crippen molar-refractivity contribution in [1.82, 2.24) is 0 Å². The number of methoxy groups -OCH3 is 1. The van der Waals surface area contributed by atoms with E-state index in [1.165, 1.54) is 7.11 Å². The third-order valence-electron chi connectivity index (χ3n) is 1.10. The lowest BCUT2D eigenvalue weighted by molar-refractivity contribution is -0.152. The first kappa shape index (κ1) is 7.53. The molecule has 0 saturated carbocycles. The zero-order chi connectivity index (χ0) is 7.56. The third-order valence-corrected chi connectivity index (χ3v) is 1.57. The monoisotopic (exact) mass is 207 g/mol. The van der Waals surface area contributed by atoms with E-state index in [0.29, 0.717) is 11.0 Å². The van der Waals surface area contributed by atoms with Crippen LogP contribution in [0.3, 0.4) is 0 Å². The predicted octanol–water partition coefficient (Wildman–Crippen LogP) is 0.657. The van der Waals surface area contributed by atoms with Crippen LogP contribution in [0.5, 0.6) is 0 Å². The van der Waals surface area contributed by atoms with Gasteiger partial charge in [0, 0.05) is 0 Å². The summed E-state index contributed by atoms with van der Waals surface area (Å²) >= 11 is 3.09. The van der Waals surface area contributed by atoms with E-state index in [4.69, 9.17) is 0 Å². The predicted molar refractivity (Wildman–Crippen MR) is 37.9 cm³/mol. The minimum absolute atomic E-state index is 0.391. The van der Waals surface area contributed by atoms with Gasteiger partial charge in [0.15, 0.2) is 0 Å². The van der Waals surface area contributed by atoms with E-state index in [1.54, 1.807) is 0 Å². The topological polar surface area (TPSA) is 47.9 Å². The molecule has 0 aliphatic carbocycles. The largest absolute Gasteiger partial charge is 0.466 e. The summed E-state index contributed by atoms with van der Waals surface area (Å²) in [5, 5.41) is 3.52. The lowest BCUT2D eigenvalue weighted by Gasteiger charge is -2.02. The zero-order valence-electron chi connectivity index (χ0n) is 5.33. The van der Waals surface area contributed by atoms with Crippen LogP contribution in [0.1, 0.15) is 6.42 Å². The van der Waals surface area contributed by atoms with Crippen LogP contribution in [0.15, 0.2) is 5.16 Å². The average molecular weight is 208 g/mol. The van der Waals surface area contributed by atoms with Crippen LogP contribution in [-0.4, -0.2) is 23.8 Å². The molecule has 0 bridgehead atoms. The van der Waals surface area contributed by atoms with Gasteiger partial charge in [-0.1, -0.05) is 5.16 Å². The summed E-state index contributed by atoms with van der Waals surface area (Å²) in [6, 6.07) is 0. The molecule has 0 radical (unpaired) electrons. The molecular weight excluding hydrogens is 202 g/mol. The minimum atomic E-state index is -0.556. The van der Waals surface area contributed by atoms with Crippen molar-refractivity contribution < 1.29 is 14.4 Å². The number of carbonyl (C=O) groups is 1. The van der Waals surface area contributed by atoms with Crippen molar-refractivity contribution in [2.75, 3.05) is 7.11 Å². The Bertz CT molecular complexity index is 180. The number of rotatable bonds is 1. The molecule has 1 unspecified atom stereocenters. The maximum absolute atomic E-state index is 10.7. The van der Waals surface area contributed by atoms with Crippen molar-refractivity contribution in [1.29, 1.82) is 0 Å². The van der Waals surface area contributed by atoms with Crippen LogP contribution in [-0.2, 0) is 14.4 Å². The van der Waals surface area contributed by atoms with Gasteiger partial charge in [0.25, 0.3) is 0 Å². The van der Waals surface area contributed by atoms with Crippen molar-refractivity contribution in [2.24, 2.45) is 5.16 Å². The molecule has 0 spiro atoms. The van der Waals surface area contributed by atoms with E-state index in [-0.39, 0.29) is 0 Å². The highest BCUT2D eigenvalue weighted by Gasteiger charge is 2.27. The van der Waals surface area contributed by atoms with E-state index in [9.17, 15) is 4.79 Å². The van der Waals surface area contributed by atoms with Crippen LogP contribution >= 0.6 is 15.9 Å². The van der Waals surface area contributed by atoms with Gasteiger partial charge in [-0.05, 0) is 15.9 Å². The van der Waals surface area contributed by atoms with E-state index in [2.05, 4.69) is 30.7 Å². The van der Waals surface area contributed by atoms with Gasteiger partial charge in [0.2, 0.25) is 6.10 Å². The van der Waals surface area contributed by atoms with Gasteiger partial charge in [-0.15, -0.1) is 0 Å². The number of esters is 1. The van der Waals surface area contributed by atoms with E-state index in [1.807, 2.05) is 0 Å². The Kier molecular flexibility index (Phi) is 2.26. The van der Waals surface area contributed by atoms with Crippen molar-refractivity contribution in [2.45, 2.75) is 12.5 Å². The summed E-state index contributed by atoms with van der Waals surface area (Å²) < 4.78 is 5.07. The molecule has 56 valence electrons. The lowest BCUT2D eigenvalue weighted by atomic mass is 10.3. The molecule has 5 heteroatoms. The molecular formula is C5H6BrNO3. The fourth-order valence-corrected chi connectivity index (χ4v) is 0.984. The second kappa shape index (κ2) is 3.01.